The maximum Gasteiger partial charge on any atom is 0.177 e. The molecule has 0 N–H and O–H groups in total. The number of nitrogens with zero attached hydrogens (tertiary/aromatic N) is 5. The predicted octanol–water partition coefficient (Wildman–Crippen LogP) is 3.76. The quantitative estimate of drug-likeness (QED) is 0.851. The van der Waals surface area contributed by atoms with Crippen molar-refractivity contribution in [3.8, 4) is 0 Å². The van der Waals surface area contributed by atoms with E-state index >= 15 is 0 Å². The van der Waals surface area contributed by atoms with Gasteiger partial charge in [0.05, 0.1) is 5.69 Å². The summed E-state index contributed by atoms with van der Waals surface area (Å²) in [6.07, 6.45) is 12.2. The van der Waals surface area contributed by atoms with Crippen molar-refractivity contribution in [3.63, 3.8) is 0 Å². The summed E-state index contributed by atoms with van der Waals surface area (Å²) in [4.78, 5) is 2.69. The van der Waals surface area contributed by atoms with Crippen LogP contribution in [0, 0.1) is 5.92 Å². The maximum atomic E-state index is 4.86. The molecule has 25 heavy (non-hydrogen) atoms. The molecule has 1 aliphatic heterocycles. The molecule has 2 saturated carbocycles. The monoisotopic (exact) mass is 339 g/mol. The van der Waals surface area contributed by atoms with Gasteiger partial charge < -0.3 is 4.90 Å². The number of hydrogen-bond acceptors (Lipinski definition) is 4. The molecule has 1 saturated heterocycles. The molecule has 5 nitrogen and oxygen atoms in total. The van der Waals surface area contributed by atoms with Crippen LogP contribution in [0.4, 0.5) is 0 Å². The number of fused-ring (bicyclic) bond motifs is 1. The van der Waals surface area contributed by atoms with Gasteiger partial charge in [-0.15, -0.1) is 10.2 Å². The van der Waals surface area contributed by atoms with E-state index in [1.54, 1.807) is 0 Å². The minimum absolute atomic E-state index is 0.513. The third kappa shape index (κ3) is 3.31. The van der Waals surface area contributed by atoms with Gasteiger partial charge in [-0.2, -0.15) is 9.61 Å². The summed E-state index contributed by atoms with van der Waals surface area (Å²) in [6, 6.07) is 4.23. The van der Waals surface area contributed by atoms with Gasteiger partial charge in [-0.1, -0.05) is 19.3 Å². The summed E-state index contributed by atoms with van der Waals surface area (Å²) in [5.41, 5.74) is 2.13. The van der Waals surface area contributed by atoms with Crippen molar-refractivity contribution in [2.45, 2.75) is 69.6 Å². The largest absolute Gasteiger partial charge is 0.303 e. The summed E-state index contributed by atoms with van der Waals surface area (Å²) in [5.74, 6) is 3.23. The number of hydrogen-bond donors (Lipinski definition) is 0. The number of likely N-dealkylation sites (tertiary alicyclic amines) is 1. The van der Waals surface area contributed by atoms with E-state index in [9.17, 15) is 0 Å². The molecule has 0 atom stereocenters. The third-order valence-corrected chi connectivity index (χ3v) is 6.50. The Kier molecular flexibility index (Phi) is 4.20. The highest BCUT2D eigenvalue weighted by Crippen LogP contribution is 2.39. The van der Waals surface area contributed by atoms with Gasteiger partial charge in [0.15, 0.2) is 11.5 Å². The van der Waals surface area contributed by atoms with Gasteiger partial charge in [0.1, 0.15) is 0 Å². The first-order chi connectivity index (χ1) is 12.4. The van der Waals surface area contributed by atoms with Gasteiger partial charge in [-0.25, -0.2) is 0 Å². The van der Waals surface area contributed by atoms with E-state index in [-0.39, 0.29) is 0 Å². The standard InChI is InChI=1S/C20H29N5/c1-2-4-15(5-3-1)14-24-12-10-17(11-13-24)20-22-21-19-9-8-18(16-6-7-16)23-25(19)20/h8-9,15-17H,1-7,10-14H2. The highest BCUT2D eigenvalue weighted by Gasteiger charge is 2.29. The molecular weight excluding hydrogens is 310 g/mol. The molecule has 5 heteroatoms. The lowest BCUT2D eigenvalue weighted by molar-refractivity contribution is 0.161. The maximum absolute atomic E-state index is 4.86. The van der Waals surface area contributed by atoms with Gasteiger partial charge in [0.25, 0.3) is 0 Å². The van der Waals surface area contributed by atoms with E-state index in [0.717, 1.165) is 17.4 Å². The fourth-order valence-electron chi connectivity index (χ4n) is 4.78. The Morgan fingerprint density at radius 2 is 1.64 bits per heavy atom. The summed E-state index contributed by atoms with van der Waals surface area (Å²) < 4.78 is 2.04. The molecule has 3 heterocycles. The average Bonchev–Trinajstić information content (AvgIpc) is 3.43. The molecule has 0 amide bonds. The molecule has 5 rings (SSSR count). The minimum atomic E-state index is 0.513. The first-order valence-corrected chi connectivity index (χ1v) is 10.3. The molecular formula is C20H29N5. The highest BCUT2D eigenvalue weighted by molar-refractivity contribution is 5.38. The van der Waals surface area contributed by atoms with Crippen molar-refractivity contribution in [2.75, 3.05) is 19.6 Å². The van der Waals surface area contributed by atoms with Crippen molar-refractivity contribution in [1.29, 1.82) is 0 Å². The van der Waals surface area contributed by atoms with Crippen molar-refractivity contribution >= 4 is 5.65 Å². The number of rotatable bonds is 4. The lowest BCUT2D eigenvalue weighted by Gasteiger charge is -2.34. The first kappa shape index (κ1) is 15.7. The van der Waals surface area contributed by atoms with E-state index < -0.39 is 0 Å². The molecule has 0 unspecified atom stereocenters. The molecule has 3 fully saturated rings. The van der Waals surface area contributed by atoms with Crippen molar-refractivity contribution in [2.24, 2.45) is 5.92 Å². The van der Waals surface area contributed by atoms with Crippen molar-refractivity contribution in [1.82, 2.24) is 24.7 Å². The Hall–Kier alpha value is -1.49. The normalized spacial score (nSPS) is 24.2. The van der Waals surface area contributed by atoms with Crippen LogP contribution in [0.25, 0.3) is 5.65 Å². The van der Waals surface area contributed by atoms with E-state index in [1.165, 1.54) is 83.1 Å². The number of piperidine rings is 1. The van der Waals surface area contributed by atoms with E-state index in [2.05, 4.69) is 27.2 Å². The predicted molar refractivity (Wildman–Crippen MR) is 97.7 cm³/mol. The van der Waals surface area contributed by atoms with Gasteiger partial charge in [-0.05, 0) is 69.7 Å². The summed E-state index contributed by atoms with van der Waals surface area (Å²) in [5, 5.41) is 13.7. The molecule has 0 aromatic carbocycles. The van der Waals surface area contributed by atoms with Gasteiger partial charge in [-0.3, -0.25) is 0 Å². The molecule has 0 spiro atoms. The van der Waals surface area contributed by atoms with Crippen molar-refractivity contribution in [3.05, 3.63) is 23.7 Å². The second kappa shape index (κ2) is 6.67. The van der Waals surface area contributed by atoms with Crippen LogP contribution in [0.5, 0.6) is 0 Å². The molecule has 0 radical (unpaired) electrons. The van der Waals surface area contributed by atoms with Crippen LogP contribution in [-0.4, -0.2) is 44.3 Å². The van der Waals surface area contributed by atoms with Crippen molar-refractivity contribution < 1.29 is 0 Å². The zero-order chi connectivity index (χ0) is 16.6. The summed E-state index contributed by atoms with van der Waals surface area (Å²) in [6.45, 7) is 3.73. The van der Waals surface area contributed by atoms with Crippen LogP contribution in [0.2, 0.25) is 0 Å². The average molecular weight is 339 g/mol. The molecule has 2 aliphatic carbocycles. The number of aromatic nitrogens is 4. The molecule has 2 aromatic rings. The Morgan fingerprint density at radius 3 is 2.40 bits per heavy atom. The van der Waals surface area contributed by atoms with Gasteiger partial charge in [0, 0.05) is 18.4 Å². The molecule has 3 aliphatic rings. The highest BCUT2D eigenvalue weighted by atomic mass is 15.4. The smallest absolute Gasteiger partial charge is 0.177 e. The lowest BCUT2D eigenvalue weighted by atomic mass is 9.88. The molecule has 134 valence electrons. The van der Waals surface area contributed by atoms with E-state index in [1.807, 2.05) is 4.52 Å². The molecule has 2 aromatic heterocycles. The topological polar surface area (TPSA) is 46.3 Å². The second-order valence-electron chi connectivity index (χ2n) is 8.44. The summed E-state index contributed by atoms with van der Waals surface area (Å²) in [7, 11) is 0. The Morgan fingerprint density at radius 1 is 0.840 bits per heavy atom. The lowest BCUT2D eigenvalue weighted by Crippen LogP contribution is -2.37. The first-order valence-electron chi connectivity index (χ1n) is 10.3. The third-order valence-electron chi connectivity index (χ3n) is 6.50. The van der Waals surface area contributed by atoms with E-state index in [0.29, 0.717) is 11.8 Å². The van der Waals surface area contributed by atoms with Gasteiger partial charge >= 0.3 is 0 Å². The Balaban J connectivity index is 1.25. The molecule has 0 bridgehead atoms. The van der Waals surface area contributed by atoms with Crippen LogP contribution < -0.4 is 0 Å². The van der Waals surface area contributed by atoms with Crippen LogP contribution in [-0.2, 0) is 0 Å². The van der Waals surface area contributed by atoms with Crippen LogP contribution >= 0.6 is 0 Å². The fourth-order valence-corrected chi connectivity index (χ4v) is 4.78. The van der Waals surface area contributed by atoms with E-state index in [4.69, 9.17) is 5.10 Å². The van der Waals surface area contributed by atoms with Crippen LogP contribution in [0.15, 0.2) is 12.1 Å². The zero-order valence-electron chi connectivity index (χ0n) is 15.1. The van der Waals surface area contributed by atoms with Crippen LogP contribution in [0.1, 0.15) is 81.1 Å². The Bertz CT molecular complexity index is 721. The summed E-state index contributed by atoms with van der Waals surface area (Å²) >= 11 is 0. The minimum Gasteiger partial charge on any atom is -0.303 e. The second-order valence-corrected chi connectivity index (χ2v) is 8.44. The van der Waals surface area contributed by atoms with Gasteiger partial charge in [0.2, 0.25) is 0 Å². The zero-order valence-corrected chi connectivity index (χ0v) is 15.1. The Labute approximate surface area is 149 Å². The fraction of sp³-hybridized carbons (Fsp3) is 0.750. The SMILES string of the molecule is c1cc2nnc(C3CCN(CC4CCCCC4)CC3)n2nc1C1CC1. The van der Waals surface area contributed by atoms with Crippen LogP contribution in [0.3, 0.4) is 0 Å².